The van der Waals surface area contributed by atoms with Crippen LogP contribution >= 0.6 is 0 Å². The maximum absolute atomic E-state index is 6.21. The zero-order valence-corrected chi connectivity index (χ0v) is 21.3. The Morgan fingerprint density at radius 2 is 1.05 bits per heavy atom. The lowest BCUT2D eigenvalue weighted by Crippen LogP contribution is -2.29. The lowest BCUT2D eigenvalue weighted by molar-refractivity contribution is 0.669. The van der Waals surface area contributed by atoms with Crippen molar-refractivity contribution >= 4 is 33.3 Å². The molecular formula is C37H25NO. The van der Waals surface area contributed by atoms with E-state index >= 15 is 0 Å². The number of nitrogens with one attached hydrogen (secondary N) is 1. The number of hydrogen-bond acceptors (Lipinski definition) is 2. The highest BCUT2D eigenvalue weighted by Gasteiger charge is 2.47. The van der Waals surface area contributed by atoms with Crippen LogP contribution in [0.2, 0.25) is 0 Å². The molecule has 0 saturated carbocycles. The topological polar surface area (TPSA) is 25.2 Å². The van der Waals surface area contributed by atoms with Gasteiger partial charge in [-0.1, -0.05) is 121 Å². The minimum Gasteiger partial charge on any atom is -0.456 e. The third kappa shape index (κ3) is 3.09. The Bertz CT molecular complexity index is 1950. The van der Waals surface area contributed by atoms with Gasteiger partial charge in [0.05, 0.1) is 16.5 Å². The predicted octanol–water partition coefficient (Wildman–Crippen LogP) is 9.69. The zero-order chi connectivity index (χ0) is 25.8. The SMILES string of the molecule is c1ccc(C2(c3ccccc3)c3ccccc3-c3cccc(Nc4cccc5oc6ccccc6c45)c32)cc1. The standard InChI is InChI=1S/C37H25NO/c1-3-13-25(14-4-1)37(26-15-5-2-6-16-26)30-20-9-7-17-27(30)28-19-11-22-32(36(28)37)38-31-21-12-24-34-35(31)29-18-8-10-23-33(29)39-34/h1-24,38H. The Morgan fingerprint density at radius 3 is 1.85 bits per heavy atom. The van der Waals surface area contributed by atoms with Crippen molar-refractivity contribution in [2.24, 2.45) is 0 Å². The van der Waals surface area contributed by atoms with Crippen LogP contribution in [-0.2, 0) is 5.41 Å². The highest BCUT2D eigenvalue weighted by molar-refractivity contribution is 6.12. The molecule has 1 heterocycles. The van der Waals surface area contributed by atoms with Crippen molar-refractivity contribution in [3.8, 4) is 11.1 Å². The van der Waals surface area contributed by atoms with Crippen LogP contribution in [0.1, 0.15) is 22.3 Å². The second kappa shape index (κ2) is 8.47. The molecule has 0 bridgehead atoms. The molecule has 1 aliphatic carbocycles. The Labute approximate surface area is 227 Å². The highest BCUT2D eigenvalue weighted by atomic mass is 16.3. The lowest BCUT2D eigenvalue weighted by atomic mass is 9.67. The molecule has 1 N–H and O–H groups in total. The summed E-state index contributed by atoms with van der Waals surface area (Å²) in [6.07, 6.45) is 0. The van der Waals surface area contributed by atoms with E-state index in [-0.39, 0.29) is 0 Å². The Morgan fingerprint density at radius 1 is 0.462 bits per heavy atom. The van der Waals surface area contributed by atoms with Crippen molar-refractivity contribution in [1.29, 1.82) is 0 Å². The van der Waals surface area contributed by atoms with E-state index in [1.54, 1.807) is 0 Å². The van der Waals surface area contributed by atoms with Gasteiger partial charge in [0.25, 0.3) is 0 Å². The third-order valence-corrected chi connectivity index (χ3v) is 8.15. The van der Waals surface area contributed by atoms with E-state index in [1.165, 1.54) is 33.4 Å². The van der Waals surface area contributed by atoms with Crippen LogP contribution in [0.4, 0.5) is 11.4 Å². The van der Waals surface area contributed by atoms with E-state index in [2.05, 4.69) is 133 Å². The van der Waals surface area contributed by atoms with E-state index in [9.17, 15) is 0 Å². The molecular weight excluding hydrogens is 474 g/mol. The average molecular weight is 500 g/mol. The Balaban J connectivity index is 1.45. The first-order valence-corrected chi connectivity index (χ1v) is 13.4. The molecule has 0 aliphatic heterocycles. The Hall–Kier alpha value is -5.08. The third-order valence-electron chi connectivity index (χ3n) is 8.15. The average Bonchev–Trinajstić information content (AvgIpc) is 3.54. The van der Waals surface area contributed by atoms with Crippen LogP contribution < -0.4 is 5.32 Å². The first-order valence-electron chi connectivity index (χ1n) is 13.4. The highest BCUT2D eigenvalue weighted by Crippen LogP contribution is 2.58. The molecule has 1 aromatic heterocycles. The Kier molecular flexibility index (Phi) is 4.77. The van der Waals surface area contributed by atoms with Gasteiger partial charge in [-0.3, -0.25) is 0 Å². The second-order valence-electron chi connectivity index (χ2n) is 10.2. The van der Waals surface area contributed by atoms with Gasteiger partial charge in [0, 0.05) is 16.6 Å². The summed E-state index contributed by atoms with van der Waals surface area (Å²) in [7, 11) is 0. The molecule has 6 aromatic carbocycles. The van der Waals surface area contributed by atoms with Crippen molar-refractivity contribution < 1.29 is 4.42 Å². The van der Waals surface area contributed by atoms with Crippen molar-refractivity contribution in [2.45, 2.75) is 5.41 Å². The molecule has 0 amide bonds. The van der Waals surface area contributed by atoms with Crippen LogP contribution in [0, 0.1) is 0 Å². The maximum atomic E-state index is 6.21. The summed E-state index contributed by atoms with van der Waals surface area (Å²) in [6, 6.07) is 51.9. The first-order chi connectivity index (χ1) is 19.4. The molecule has 184 valence electrons. The van der Waals surface area contributed by atoms with E-state index < -0.39 is 5.41 Å². The maximum Gasteiger partial charge on any atom is 0.137 e. The molecule has 0 unspecified atom stereocenters. The molecule has 7 aromatic rings. The van der Waals surface area contributed by atoms with Gasteiger partial charge in [-0.05, 0) is 52.1 Å². The molecule has 2 heteroatoms. The summed E-state index contributed by atoms with van der Waals surface area (Å²) in [4.78, 5) is 0. The van der Waals surface area contributed by atoms with E-state index in [4.69, 9.17) is 4.42 Å². The molecule has 2 nitrogen and oxygen atoms in total. The first kappa shape index (κ1) is 22.0. The number of hydrogen-bond donors (Lipinski definition) is 1. The monoisotopic (exact) mass is 499 g/mol. The van der Waals surface area contributed by atoms with Gasteiger partial charge in [-0.15, -0.1) is 0 Å². The summed E-state index contributed by atoms with van der Waals surface area (Å²) >= 11 is 0. The van der Waals surface area contributed by atoms with Crippen LogP contribution in [0.25, 0.3) is 33.1 Å². The van der Waals surface area contributed by atoms with Gasteiger partial charge in [0.15, 0.2) is 0 Å². The fourth-order valence-corrected chi connectivity index (χ4v) is 6.63. The fourth-order valence-electron chi connectivity index (χ4n) is 6.63. The number of benzene rings is 6. The molecule has 1 aliphatic rings. The van der Waals surface area contributed by atoms with Crippen molar-refractivity contribution in [3.05, 3.63) is 168 Å². The molecule has 8 rings (SSSR count). The molecule has 0 radical (unpaired) electrons. The minimum atomic E-state index is -0.468. The number of rotatable bonds is 4. The van der Waals surface area contributed by atoms with Crippen LogP contribution in [0.3, 0.4) is 0 Å². The smallest absolute Gasteiger partial charge is 0.137 e. The van der Waals surface area contributed by atoms with Gasteiger partial charge in [0.2, 0.25) is 0 Å². The molecule has 39 heavy (non-hydrogen) atoms. The van der Waals surface area contributed by atoms with Gasteiger partial charge in [-0.25, -0.2) is 0 Å². The summed E-state index contributed by atoms with van der Waals surface area (Å²) in [5.41, 5.74) is 11.1. The number of anilines is 2. The molecule has 0 saturated heterocycles. The van der Waals surface area contributed by atoms with Gasteiger partial charge >= 0.3 is 0 Å². The van der Waals surface area contributed by atoms with Gasteiger partial charge in [0.1, 0.15) is 11.2 Å². The summed E-state index contributed by atoms with van der Waals surface area (Å²) in [5.74, 6) is 0. The largest absolute Gasteiger partial charge is 0.456 e. The van der Waals surface area contributed by atoms with Crippen LogP contribution in [-0.4, -0.2) is 0 Å². The van der Waals surface area contributed by atoms with E-state index in [0.29, 0.717) is 0 Å². The number of furan rings is 1. The van der Waals surface area contributed by atoms with Gasteiger partial charge in [-0.2, -0.15) is 0 Å². The fraction of sp³-hybridized carbons (Fsp3) is 0.0270. The van der Waals surface area contributed by atoms with Crippen molar-refractivity contribution in [3.63, 3.8) is 0 Å². The van der Waals surface area contributed by atoms with E-state index in [0.717, 1.165) is 33.3 Å². The lowest BCUT2D eigenvalue weighted by Gasteiger charge is -2.35. The predicted molar refractivity (Wildman–Crippen MR) is 161 cm³/mol. The zero-order valence-electron chi connectivity index (χ0n) is 21.3. The van der Waals surface area contributed by atoms with Crippen LogP contribution in [0.5, 0.6) is 0 Å². The minimum absolute atomic E-state index is 0.468. The number of para-hydroxylation sites is 1. The quantitative estimate of drug-likeness (QED) is 0.261. The van der Waals surface area contributed by atoms with Crippen molar-refractivity contribution in [2.75, 3.05) is 5.32 Å². The summed E-state index contributed by atoms with van der Waals surface area (Å²) in [6.45, 7) is 0. The van der Waals surface area contributed by atoms with Crippen LogP contribution in [0.15, 0.2) is 150 Å². The number of fused-ring (bicyclic) bond motifs is 6. The van der Waals surface area contributed by atoms with Gasteiger partial charge < -0.3 is 9.73 Å². The summed E-state index contributed by atoms with van der Waals surface area (Å²) < 4.78 is 6.21. The normalized spacial score (nSPS) is 13.3. The summed E-state index contributed by atoms with van der Waals surface area (Å²) in [5, 5.41) is 6.11. The molecule has 0 atom stereocenters. The van der Waals surface area contributed by atoms with Crippen molar-refractivity contribution in [1.82, 2.24) is 0 Å². The van der Waals surface area contributed by atoms with E-state index in [1.807, 2.05) is 18.2 Å². The molecule has 0 fully saturated rings. The second-order valence-corrected chi connectivity index (χ2v) is 10.2. The molecule has 0 spiro atoms.